The Hall–Kier alpha value is -3.28. The minimum Gasteiger partial charge on any atom is -0.365 e. The Balaban J connectivity index is 1.59. The maximum atomic E-state index is 13.8. The molecule has 2 aromatic carbocycles. The van der Waals surface area contributed by atoms with Gasteiger partial charge in [-0.25, -0.2) is 13.4 Å². The zero-order valence-corrected chi connectivity index (χ0v) is 25.0. The van der Waals surface area contributed by atoms with Gasteiger partial charge in [0.05, 0.1) is 10.6 Å². The van der Waals surface area contributed by atoms with Crippen LogP contribution < -0.4 is 16.0 Å². The van der Waals surface area contributed by atoms with Crippen LogP contribution in [-0.4, -0.2) is 55.2 Å². The van der Waals surface area contributed by atoms with Gasteiger partial charge in [-0.3, -0.25) is 9.59 Å². The van der Waals surface area contributed by atoms with Crippen molar-refractivity contribution in [1.82, 2.24) is 14.6 Å². The largest absolute Gasteiger partial charge is 0.365 e. The highest BCUT2D eigenvalue weighted by atomic mass is 32.2. The summed E-state index contributed by atoms with van der Waals surface area (Å²) in [4.78, 5) is 32.2. The Kier molecular flexibility index (Phi) is 9.27. The second kappa shape index (κ2) is 12.5. The van der Waals surface area contributed by atoms with Gasteiger partial charge < -0.3 is 16.0 Å². The van der Waals surface area contributed by atoms with Crippen molar-refractivity contribution in [3.63, 3.8) is 0 Å². The molecule has 2 amide bonds. The molecule has 4 rings (SSSR count). The summed E-state index contributed by atoms with van der Waals surface area (Å²) >= 11 is 1.15. The smallest absolute Gasteiger partial charge is 0.260 e. The fourth-order valence-electron chi connectivity index (χ4n) is 4.77. The number of hydrogen-bond donors (Lipinski definition) is 2. The number of aryl methyl sites for hydroxylation is 2. The lowest BCUT2D eigenvalue weighted by Gasteiger charge is -2.39. The zero-order valence-electron chi connectivity index (χ0n) is 23.4. The first-order valence-corrected chi connectivity index (χ1v) is 15.8. The van der Waals surface area contributed by atoms with Gasteiger partial charge in [-0.05, 0) is 48.1 Å². The Labute approximate surface area is 240 Å². The fourth-order valence-corrected chi connectivity index (χ4v) is 7.29. The SMILES string of the molecule is CCCc1ccc(S(=O)(=O)N2CCN(c3nc(C)c(C(N)=O)s3)C[C@@H]2C(=O)NCc2ccc(C(C)C)cc2)cc1. The van der Waals surface area contributed by atoms with Crippen molar-refractivity contribution < 1.29 is 18.0 Å². The van der Waals surface area contributed by atoms with Crippen LogP contribution in [0.3, 0.4) is 0 Å². The lowest BCUT2D eigenvalue weighted by molar-refractivity contribution is -0.125. The minimum atomic E-state index is -3.95. The molecular weight excluding hydrogens is 546 g/mol. The number of nitrogens with two attached hydrogens (primary N) is 1. The molecule has 11 heteroatoms. The first-order chi connectivity index (χ1) is 19.0. The van der Waals surface area contributed by atoms with Gasteiger partial charge in [-0.1, -0.05) is 74.9 Å². The van der Waals surface area contributed by atoms with Crippen molar-refractivity contribution in [2.75, 3.05) is 24.5 Å². The topological polar surface area (TPSA) is 126 Å². The van der Waals surface area contributed by atoms with E-state index in [1.807, 2.05) is 41.3 Å². The minimum absolute atomic E-state index is 0.0880. The van der Waals surface area contributed by atoms with Crippen LogP contribution in [0.1, 0.15) is 65.2 Å². The van der Waals surface area contributed by atoms with Gasteiger partial charge in [0.15, 0.2) is 5.13 Å². The third-order valence-electron chi connectivity index (χ3n) is 7.10. The molecule has 1 aliphatic rings. The molecule has 1 fully saturated rings. The average molecular weight is 584 g/mol. The Bertz CT molecular complexity index is 1450. The molecule has 1 aromatic heterocycles. The van der Waals surface area contributed by atoms with Crippen molar-refractivity contribution in [1.29, 1.82) is 0 Å². The van der Waals surface area contributed by atoms with Crippen LogP contribution in [0.25, 0.3) is 0 Å². The molecule has 214 valence electrons. The number of aromatic nitrogens is 1. The van der Waals surface area contributed by atoms with Gasteiger partial charge in [0, 0.05) is 26.2 Å². The highest BCUT2D eigenvalue weighted by molar-refractivity contribution is 7.89. The van der Waals surface area contributed by atoms with E-state index in [1.165, 1.54) is 9.87 Å². The number of benzene rings is 2. The molecule has 0 saturated carbocycles. The van der Waals surface area contributed by atoms with E-state index in [2.05, 4.69) is 31.1 Å². The maximum Gasteiger partial charge on any atom is 0.260 e. The van der Waals surface area contributed by atoms with Crippen LogP contribution in [0.4, 0.5) is 5.13 Å². The summed E-state index contributed by atoms with van der Waals surface area (Å²) in [7, 11) is -3.95. The molecule has 1 aliphatic heterocycles. The monoisotopic (exact) mass is 583 g/mol. The molecule has 0 radical (unpaired) electrons. The number of anilines is 1. The average Bonchev–Trinajstić information content (AvgIpc) is 3.34. The summed E-state index contributed by atoms with van der Waals surface area (Å²) < 4.78 is 28.9. The quantitative estimate of drug-likeness (QED) is 0.374. The second-order valence-electron chi connectivity index (χ2n) is 10.4. The molecule has 9 nitrogen and oxygen atoms in total. The first-order valence-electron chi connectivity index (χ1n) is 13.5. The Morgan fingerprint density at radius 3 is 2.30 bits per heavy atom. The van der Waals surface area contributed by atoms with Gasteiger partial charge in [-0.2, -0.15) is 4.31 Å². The molecule has 0 unspecified atom stereocenters. The molecule has 3 aromatic rings. The number of thiazole rings is 1. The van der Waals surface area contributed by atoms with Crippen LogP contribution in [-0.2, 0) is 27.8 Å². The second-order valence-corrected chi connectivity index (χ2v) is 13.2. The zero-order chi connectivity index (χ0) is 29.0. The number of rotatable bonds is 10. The molecule has 0 spiro atoms. The number of primary amides is 1. The van der Waals surface area contributed by atoms with Gasteiger partial charge >= 0.3 is 0 Å². The van der Waals surface area contributed by atoms with Gasteiger partial charge in [0.1, 0.15) is 10.9 Å². The summed E-state index contributed by atoms with van der Waals surface area (Å²) in [6, 6.07) is 13.9. The number of carbonyl (C=O) groups is 2. The molecule has 1 atom stereocenters. The molecular formula is C29H37N5O4S2. The Morgan fingerprint density at radius 2 is 1.73 bits per heavy atom. The summed E-state index contributed by atoms with van der Waals surface area (Å²) in [5.41, 5.74) is 9.19. The summed E-state index contributed by atoms with van der Waals surface area (Å²) in [5, 5.41) is 3.48. The van der Waals surface area contributed by atoms with Crippen LogP contribution >= 0.6 is 11.3 Å². The predicted octanol–water partition coefficient (Wildman–Crippen LogP) is 3.82. The summed E-state index contributed by atoms with van der Waals surface area (Å²) in [6.45, 7) is 8.79. The number of carbonyl (C=O) groups excluding carboxylic acids is 2. The lowest BCUT2D eigenvalue weighted by Crippen LogP contribution is -2.60. The van der Waals surface area contributed by atoms with Crippen LogP contribution in [0.2, 0.25) is 0 Å². The summed E-state index contributed by atoms with van der Waals surface area (Å²) in [6.07, 6.45) is 1.83. The number of nitrogens with one attached hydrogen (secondary N) is 1. The normalized spacial score (nSPS) is 16.3. The van der Waals surface area contributed by atoms with Crippen LogP contribution in [0.5, 0.6) is 0 Å². The van der Waals surface area contributed by atoms with Crippen molar-refractivity contribution in [2.24, 2.45) is 5.73 Å². The molecule has 40 heavy (non-hydrogen) atoms. The number of piperazine rings is 1. The number of sulfonamides is 1. The standard InChI is InChI=1S/C29H37N5O4S2/c1-5-6-21-9-13-24(14-10-21)40(37,38)34-16-15-33(29-32-20(4)26(39-29)27(30)35)18-25(34)28(36)31-17-22-7-11-23(12-8-22)19(2)3/h7-14,19,25H,5-6,15-18H2,1-4H3,(H2,30,35)(H,31,36)/t25-/m1/s1. The predicted molar refractivity (Wildman–Crippen MR) is 158 cm³/mol. The first kappa shape index (κ1) is 29.7. The van der Waals surface area contributed by atoms with Crippen molar-refractivity contribution in [2.45, 2.75) is 63.9 Å². The molecule has 0 bridgehead atoms. The van der Waals surface area contributed by atoms with E-state index in [0.717, 1.165) is 35.3 Å². The van der Waals surface area contributed by atoms with E-state index >= 15 is 0 Å². The van der Waals surface area contributed by atoms with E-state index in [4.69, 9.17) is 5.73 Å². The molecule has 0 aliphatic carbocycles. The van der Waals surface area contributed by atoms with Gasteiger partial charge in [-0.15, -0.1) is 0 Å². The van der Waals surface area contributed by atoms with Crippen molar-refractivity contribution in [3.8, 4) is 0 Å². The third-order valence-corrected chi connectivity index (χ3v) is 10.3. The summed E-state index contributed by atoms with van der Waals surface area (Å²) in [5.74, 6) is -0.560. The number of hydrogen-bond acceptors (Lipinski definition) is 7. The number of amides is 2. The van der Waals surface area contributed by atoms with E-state index in [9.17, 15) is 18.0 Å². The third kappa shape index (κ3) is 6.54. The highest BCUT2D eigenvalue weighted by Gasteiger charge is 2.41. The Morgan fingerprint density at radius 1 is 1.07 bits per heavy atom. The van der Waals surface area contributed by atoms with Crippen LogP contribution in [0, 0.1) is 6.92 Å². The lowest BCUT2D eigenvalue weighted by atomic mass is 10.0. The van der Waals surface area contributed by atoms with E-state index in [1.54, 1.807) is 19.1 Å². The molecule has 3 N–H and O–H groups in total. The number of nitrogens with zero attached hydrogens (tertiary/aromatic N) is 3. The van der Waals surface area contributed by atoms with E-state index in [-0.39, 0.29) is 24.5 Å². The highest BCUT2D eigenvalue weighted by Crippen LogP contribution is 2.30. The van der Waals surface area contributed by atoms with E-state index in [0.29, 0.717) is 28.2 Å². The van der Waals surface area contributed by atoms with Gasteiger partial charge in [0.2, 0.25) is 15.9 Å². The molecule has 1 saturated heterocycles. The van der Waals surface area contributed by atoms with Crippen molar-refractivity contribution in [3.05, 3.63) is 75.8 Å². The van der Waals surface area contributed by atoms with Gasteiger partial charge in [0.25, 0.3) is 5.91 Å². The van der Waals surface area contributed by atoms with Crippen molar-refractivity contribution >= 4 is 38.3 Å². The maximum absolute atomic E-state index is 13.8. The van der Waals surface area contributed by atoms with E-state index < -0.39 is 27.9 Å². The fraction of sp³-hybridized carbons (Fsp3) is 0.414. The van der Waals surface area contributed by atoms with Crippen LogP contribution in [0.15, 0.2) is 53.4 Å². The molecule has 2 heterocycles.